The molecule has 124 valence electrons. The largest absolute Gasteiger partial charge is 0.504 e. The van der Waals surface area contributed by atoms with E-state index in [9.17, 15) is 14.7 Å². The Morgan fingerprint density at radius 1 is 1.13 bits per heavy atom. The highest BCUT2D eigenvalue weighted by Crippen LogP contribution is 2.73. The average Bonchev–Trinajstić information content (AvgIpc) is 2.79. The maximum atomic E-state index is 13.5. The number of aliphatic hydroxyl groups is 1. The van der Waals surface area contributed by atoms with Crippen LogP contribution in [-0.2, 0) is 9.59 Å². The SMILES string of the molecule is CC1=C[C@H]2C[C@H](C)[C@H]3CC[C@H](C)[C@]4(C1)C(=O)C(O)=C(C)C(=O)[C@@]324. The van der Waals surface area contributed by atoms with Crippen LogP contribution in [0.3, 0.4) is 0 Å². The van der Waals surface area contributed by atoms with Gasteiger partial charge in [-0.25, -0.2) is 0 Å². The predicted molar refractivity (Wildman–Crippen MR) is 87.7 cm³/mol. The number of Topliss-reactive ketones (excluding diaryl/α,β-unsaturated/α-hetero) is 2. The first kappa shape index (κ1) is 15.2. The van der Waals surface area contributed by atoms with Crippen LogP contribution in [0.2, 0.25) is 0 Å². The lowest BCUT2D eigenvalue weighted by atomic mass is 9.38. The molecule has 0 aliphatic heterocycles. The lowest BCUT2D eigenvalue weighted by Crippen LogP contribution is -2.66. The van der Waals surface area contributed by atoms with Crippen molar-refractivity contribution in [2.75, 3.05) is 0 Å². The van der Waals surface area contributed by atoms with Crippen molar-refractivity contribution >= 4 is 11.6 Å². The Morgan fingerprint density at radius 3 is 2.52 bits per heavy atom. The van der Waals surface area contributed by atoms with Crippen LogP contribution >= 0.6 is 0 Å². The molecular formula is C20H26O3. The van der Waals surface area contributed by atoms with Crippen molar-refractivity contribution in [3.8, 4) is 0 Å². The smallest absolute Gasteiger partial charge is 0.205 e. The lowest BCUT2D eigenvalue weighted by Gasteiger charge is -2.62. The Kier molecular flexibility index (Phi) is 2.88. The number of ketones is 2. The van der Waals surface area contributed by atoms with Crippen molar-refractivity contribution in [3.05, 3.63) is 23.0 Å². The van der Waals surface area contributed by atoms with Crippen molar-refractivity contribution < 1.29 is 14.7 Å². The molecule has 0 amide bonds. The third-order valence-corrected chi connectivity index (χ3v) is 7.71. The van der Waals surface area contributed by atoms with Gasteiger partial charge in [-0.15, -0.1) is 0 Å². The summed E-state index contributed by atoms with van der Waals surface area (Å²) < 4.78 is 0. The zero-order chi connectivity index (χ0) is 16.7. The Hall–Kier alpha value is -1.38. The van der Waals surface area contributed by atoms with E-state index in [0.29, 0.717) is 17.9 Å². The molecule has 3 heteroatoms. The van der Waals surface area contributed by atoms with Crippen LogP contribution in [0.4, 0.5) is 0 Å². The number of hydrogen-bond acceptors (Lipinski definition) is 3. The van der Waals surface area contributed by atoms with Gasteiger partial charge in [-0.3, -0.25) is 9.59 Å². The minimum absolute atomic E-state index is 0.0595. The molecule has 2 fully saturated rings. The highest BCUT2D eigenvalue weighted by atomic mass is 16.3. The van der Waals surface area contributed by atoms with Crippen LogP contribution in [0.5, 0.6) is 0 Å². The Balaban J connectivity index is 2.10. The predicted octanol–water partition coefficient (Wildman–Crippen LogP) is 4.00. The maximum absolute atomic E-state index is 13.5. The lowest BCUT2D eigenvalue weighted by molar-refractivity contribution is -0.174. The first-order valence-electron chi connectivity index (χ1n) is 8.95. The number of allylic oxidation sites excluding steroid dienone is 4. The van der Waals surface area contributed by atoms with Gasteiger partial charge in [-0.05, 0) is 63.2 Å². The fraction of sp³-hybridized carbons (Fsp3) is 0.700. The third-order valence-electron chi connectivity index (χ3n) is 7.71. The zero-order valence-electron chi connectivity index (χ0n) is 14.5. The maximum Gasteiger partial charge on any atom is 0.205 e. The average molecular weight is 314 g/mol. The molecule has 1 N–H and O–H groups in total. The van der Waals surface area contributed by atoms with Crippen molar-refractivity contribution in [2.45, 2.75) is 53.4 Å². The molecule has 0 aromatic rings. The summed E-state index contributed by atoms with van der Waals surface area (Å²) in [4.78, 5) is 26.9. The van der Waals surface area contributed by atoms with Crippen LogP contribution in [-0.4, -0.2) is 16.7 Å². The number of hydrogen-bond donors (Lipinski definition) is 1. The molecule has 4 aliphatic rings. The third kappa shape index (κ3) is 1.39. The monoisotopic (exact) mass is 314 g/mol. The molecule has 4 rings (SSSR count). The molecule has 23 heavy (non-hydrogen) atoms. The van der Waals surface area contributed by atoms with Crippen LogP contribution in [0, 0.1) is 34.5 Å². The van der Waals surface area contributed by atoms with E-state index in [1.807, 2.05) is 0 Å². The van der Waals surface area contributed by atoms with Crippen LogP contribution in [0.15, 0.2) is 23.0 Å². The summed E-state index contributed by atoms with van der Waals surface area (Å²) in [5, 5.41) is 10.4. The molecular weight excluding hydrogens is 288 g/mol. The highest BCUT2D eigenvalue weighted by Gasteiger charge is 2.76. The van der Waals surface area contributed by atoms with E-state index < -0.39 is 10.8 Å². The van der Waals surface area contributed by atoms with Gasteiger partial charge >= 0.3 is 0 Å². The Morgan fingerprint density at radius 2 is 1.83 bits per heavy atom. The summed E-state index contributed by atoms with van der Waals surface area (Å²) in [5.74, 6) is 0.662. The summed E-state index contributed by atoms with van der Waals surface area (Å²) >= 11 is 0. The molecule has 3 nitrogen and oxygen atoms in total. The van der Waals surface area contributed by atoms with E-state index in [1.54, 1.807) is 6.92 Å². The first-order chi connectivity index (χ1) is 10.8. The fourth-order valence-electron chi connectivity index (χ4n) is 6.92. The summed E-state index contributed by atoms with van der Waals surface area (Å²) in [7, 11) is 0. The van der Waals surface area contributed by atoms with E-state index in [2.05, 4.69) is 26.8 Å². The van der Waals surface area contributed by atoms with Gasteiger partial charge in [0.25, 0.3) is 0 Å². The van der Waals surface area contributed by atoms with E-state index >= 15 is 0 Å². The molecule has 0 unspecified atom stereocenters. The second-order valence-electron chi connectivity index (χ2n) is 8.57. The minimum atomic E-state index is -0.717. The molecule has 4 aliphatic carbocycles. The van der Waals surface area contributed by atoms with Gasteiger partial charge < -0.3 is 5.11 Å². The topological polar surface area (TPSA) is 54.4 Å². The van der Waals surface area contributed by atoms with Gasteiger partial charge in [0, 0.05) is 5.57 Å². The number of aliphatic hydroxyl groups excluding tert-OH is 1. The van der Waals surface area contributed by atoms with Gasteiger partial charge in [-0.2, -0.15) is 0 Å². The molecule has 0 bridgehead atoms. The fourth-order valence-corrected chi connectivity index (χ4v) is 6.92. The number of carbonyl (C=O) groups excluding carboxylic acids is 2. The van der Waals surface area contributed by atoms with Crippen molar-refractivity contribution in [1.82, 2.24) is 0 Å². The molecule has 0 aromatic carbocycles. The van der Waals surface area contributed by atoms with Crippen LogP contribution in [0.1, 0.15) is 53.4 Å². The van der Waals surface area contributed by atoms with Crippen LogP contribution < -0.4 is 0 Å². The molecule has 0 heterocycles. The molecule has 1 spiro atoms. The van der Waals surface area contributed by atoms with Crippen molar-refractivity contribution in [1.29, 1.82) is 0 Å². The molecule has 0 radical (unpaired) electrons. The number of carbonyl (C=O) groups is 2. The Labute approximate surface area is 137 Å². The van der Waals surface area contributed by atoms with Gasteiger partial charge in [0.05, 0.1) is 10.8 Å². The van der Waals surface area contributed by atoms with Gasteiger partial charge in [0.15, 0.2) is 11.5 Å². The summed E-state index contributed by atoms with van der Waals surface area (Å²) in [5.41, 5.74) is 0.194. The van der Waals surface area contributed by atoms with Gasteiger partial charge in [0.1, 0.15) is 0 Å². The van der Waals surface area contributed by atoms with Crippen LogP contribution in [0.25, 0.3) is 0 Å². The number of rotatable bonds is 0. The molecule has 2 saturated carbocycles. The van der Waals surface area contributed by atoms with E-state index in [-0.39, 0.29) is 35.1 Å². The minimum Gasteiger partial charge on any atom is -0.504 e. The first-order valence-corrected chi connectivity index (χ1v) is 8.95. The second-order valence-corrected chi connectivity index (χ2v) is 8.57. The molecule has 0 saturated heterocycles. The molecule has 6 atom stereocenters. The Bertz CT molecular complexity index is 685. The van der Waals surface area contributed by atoms with E-state index in [4.69, 9.17) is 0 Å². The van der Waals surface area contributed by atoms with E-state index in [0.717, 1.165) is 19.3 Å². The zero-order valence-corrected chi connectivity index (χ0v) is 14.5. The summed E-state index contributed by atoms with van der Waals surface area (Å²) in [6, 6.07) is 0. The quantitative estimate of drug-likeness (QED) is 0.688. The summed E-state index contributed by atoms with van der Waals surface area (Å²) in [6.45, 7) is 8.09. The summed E-state index contributed by atoms with van der Waals surface area (Å²) in [6.07, 6.45) is 5.90. The van der Waals surface area contributed by atoms with Crippen molar-refractivity contribution in [2.24, 2.45) is 34.5 Å². The standard InChI is InChI=1S/C20H26O3/c1-10-7-14-8-11(2)15-6-5-12(3)19(9-10)18(23)16(21)13(4)17(22)20(14,15)19/h7,11-12,14-15,21H,5-6,8-9H2,1-4H3/t11-,12-,14-,15+,19+,20-/m0/s1. The highest BCUT2D eigenvalue weighted by molar-refractivity contribution is 6.17. The second kappa shape index (κ2) is 4.37. The normalized spacial score (nSPS) is 49.0. The van der Waals surface area contributed by atoms with Gasteiger partial charge in [-0.1, -0.05) is 25.5 Å². The van der Waals surface area contributed by atoms with Gasteiger partial charge in [0.2, 0.25) is 5.78 Å². The molecule has 0 aromatic heterocycles. The van der Waals surface area contributed by atoms with Crippen molar-refractivity contribution in [3.63, 3.8) is 0 Å². The van der Waals surface area contributed by atoms with E-state index in [1.165, 1.54) is 5.57 Å².